The number of fused-ring (bicyclic) bond motifs is 3. The van der Waals surface area contributed by atoms with Gasteiger partial charge in [0.2, 0.25) is 0 Å². The van der Waals surface area contributed by atoms with Gasteiger partial charge in [-0.3, -0.25) is 19.7 Å². The molecule has 0 amide bonds. The lowest BCUT2D eigenvalue weighted by atomic mass is 9.97. The van der Waals surface area contributed by atoms with Crippen molar-refractivity contribution in [3.05, 3.63) is 67.6 Å². The molecule has 0 aliphatic rings. The van der Waals surface area contributed by atoms with Crippen molar-refractivity contribution in [3.63, 3.8) is 0 Å². The van der Waals surface area contributed by atoms with Crippen LogP contribution in [0.25, 0.3) is 31.6 Å². The van der Waals surface area contributed by atoms with E-state index < -0.39 is 22.2 Å². The van der Waals surface area contributed by atoms with E-state index in [0.29, 0.717) is 37.3 Å². The van der Waals surface area contributed by atoms with E-state index in [9.17, 15) is 24.5 Å². The number of ketones is 1. The smallest absolute Gasteiger partial charge is 0.338 e. The highest BCUT2D eigenvalue weighted by atomic mass is 32.1. The van der Waals surface area contributed by atoms with Gasteiger partial charge in [-0.1, -0.05) is 0 Å². The molecule has 0 radical (unpaired) electrons. The number of nitro benzene ring substituents is 1. The molecule has 0 fully saturated rings. The predicted molar refractivity (Wildman–Crippen MR) is 121 cm³/mol. The van der Waals surface area contributed by atoms with E-state index >= 15 is 0 Å². The Hall–Kier alpha value is -3.92. The van der Waals surface area contributed by atoms with Gasteiger partial charge in [0.1, 0.15) is 4.83 Å². The van der Waals surface area contributed by atoms with Crippen LogP contribution in [0.15, 0.2) is 35.1 Å². The van der Waals surface area contributed by atoms with Gasteiger partial charge in [-0.25, -0.2) is 9.78 Å². The number of rotatable bonds is 5. The quantitative estimate of drug-likeness (QED) is 0.206. The van der Waals surface area contributed by atoms with Crippen molar-refractivity contribution in [1.29, 1.82) is 0 Å². The molecule has 0 aliphatic carbocycles. The number of benzene rings is 1. The van der Waals surface area contributed by atoms with Crippen LogP contribution in [-0.2, 0) is 4.74 Å². The number of nitrogens with one attached hydrogen (secondary N) is 1. The maximum atomic E-state index is 12.9. The van der Waals surface area contributed by atoms with Crippen LogP contribution in [0.2, 0.25) is 0 Å². The monoisotopic (exact) mass is 451 g/mol. The molecule has 0 aliphatic heterocycles. The van der Waals surface area contributed by atoms with Gasteiger partial charge in [0.15, 0.2) is 5.78 Å². The van der Waals surface area contributed by atoms with E-state index in [-0.39, 0.29) is 23.4 Å². The number of carbonyl (C=O) groups excluding carboxylic acids is 2. The van der Waals surface area contributed by atoms with Crippen LogP contribution in [0.3, 0.4) is 0 Å². The number of aryl methyl sites for hydroxylation is 1. The lowest BCUT2D eigenvalue weighted by Gasteiger charge is -2.09. The van der Waals surface area contributed by atoms with Crippen molar-refractivity contribution >= 4 is 49.2 Å². The highest BCUT2D eigenvalue weighted by Gasteiger charge is 2.25. The van der Waals surface area contributed by atoms with Gasteiger partial charge in [0, 0.05) is 23.4 Å². The fourth-order valence-electron chi connectivity index (χ4n) is 3.65. The molecule has 1 N–H and O–H groups in total. The minimum Gasteiger partial charge on any atom is -0.462 e. The Balaban J connectivity index is 2.15. The molecule has 3 aromatic heterocycles. The topological polar surface area (TPSA) is 132 Å². The summed E-state index contributed by atoms with van der Waals surface area (Å²) in [6.07, 6.45) is 0. The first kappa shape index (κ1) is 21.3. The number of hydrogen-bond acceptors (Lipinski definition) is 8. The number of ether oxygens (including phenoxy) is 1. The van der Waals surface area contributed by atoms with Crippen molar-refractivity contribution in [2.45, 2.75) is 20.8 Å². The number of nitro groups is 1. The van der Waals surface area contributed by atoms with Crippen molar-refractivity contribution in [2.75, 3.05) is 6.61 Å². The summed E-state index contributed by atoms with van der Waals surface area (Å²) in [5.74, 6) is -0.996. The number of esters is 1. The Morgan fingerprint density at radius 3 is 2.53 bits per heavy atom. The second-order valence-corrected chi connectivity index (χ2v) is 8.08. The molecule has 0 bridgehead atoms. The minimum absolute atomic E-state index is 0.0627. The SMILES string of the molecule is CCOC(=O)c1cc(C)nc2sc3c(-c4ccc([N+](=O)[O-])cc4)c(C(C)=O)c(=O)[nH]c3c12. The van der Waals surface area contributed by atoms with E-state index in [1.807, 2.05) is 0 Å². The third-order valence-electron chi connectivity index (χ3n) is 4.95. The maximum absolute atomic E-state index is 12.9. The van der Waals surface area contributed by atoms with Gasteiger partial charge in [-0.2, -0.15) is 0 Å². The molecule has 1 aromatic carbocycles. The summed E-state index contributed by atoms with van der Waals surface area (Å²) in [6.45, 7) is 4.91. The molecule has 162 valence electrons. The summed E-state index contributed by atoms with van der Waals surface area (Å²) in [6, 6.07) is 7.20. The first-order valence-electron chi connectivity index (χ1n) is 9.66. The first-order valence-corrected chi connectivity index (χ1v) is 10.5. The van der Waals surface area contributed by atoms with Crippen LogP contribution >= 0.6 is 11.3 Å². The van der Waals surface area contributed by atoms with Crippen LogP contribution in [0.1, 0.15) is 40.3 Å². The van der Waals surface area contributed by atoms with Crippen molar-refractivity contribution in [1.82, 2.24) is 9.97 Å². The zero-order valence-corrected chi connectivity index (χ0v) is 18.2. The van der Waals surface area contributed by atoms with Gasteiger partial charge in [0.25, 0.3) is 11.2 Å². The van der Waals surface area contributed by atoms with Crippen LogP contribution < -0.4 is 5.56 Å². The van der Waals surface area contributed by atoms with Crippen molar-refractivity contribution < 1.29 is 19.2 Å². The van der Waals surface area contributed by atoms with Crippen LogP contribution in [0.5, 0.6) is 0 Å². The lowest BCUT2D eigenvalue weighted by molar-refractivity contribution is -0.384. The third kappa shape index (κ3) is 3.44. The molecule has 0 unspecified atom stereocenters. The predicted octanol–water partition coefficient (Wildman–Crippen LogP) is 4.40. The molecule has 0 spiro atoms. The second kappa shape index (κ2) is 7.97. The fourth-order valence-corrected chi connectivity index (χ4v) is 4.92. The molecule has 32 heavy (non-hydrogen) atoms. The molecule has 0 atom stereocenters. The van der Waals surface area contributed by atoms with E-state index in [1.54, 1.807) is 19.9 Å². The summed E-state index contributed by atoms with van der Waals surface area (Å²) in [5, 5.41) is 11.5. The Morgan fingerprint density at radius 1 is 1.25 bits per heavy atom. The normalized spacial score (nSPS) is 11.1. The molecule has 0 saturated heterocycles. The van der Waals surface area contributed by atoms with Crippen LogP contribution in [0, 0.1) is 17.0 Å². The Morgan fingerprint density at radius 2 is 1.94 bits per heavy atom. The number of H-pyrrole nitrogens is 1. The third-order valence-corrected chi connectivity index (χ3v) is 6.05. The number of aromatic amines is 1. The largest absolute Gasteiger partial charge is 0.462 e. The molecule has 3 heterocycles. The summed E-state index contributed by atoms with van der Waals surface area (Å²) < 4.78 is 5.72. The molecule has 4 aromatic rings. The molecular weight excluding hydrogens is 434 g/mol. The summed E-state index contributed by atoms with van der Waals surface area (Å²) in [7, 11) is 0. The van der Waals surface area contributed by atoms with Crippen molar-refractivity contribution in [3.8, 4) is 11.1 Å². The first-order chi connectivity index (χ1) is 15.2. The van der Waals surface area contributed by atoms with Crippen LogP contribution in [-0.4, -0.2) is 33.3 Å². The Bertz CT molecular complexity index is 1480. The number of pyridine rings is 2. The second-order valence-electron chi connectivity index (χ2n) is 7.08. The number of Topliss-reactive ketones (excluding diaryl/α,β-unsaturated/α-hetero) is 1. The van der Waals surface area contributed by atoms with Gasteiger partial charge >= 0.3 is 5.97 Å². The number of non-ortho nitro benzene ring substituents is 1. The fraction of sp³-hybridized carbons (Fsp3) is 0.182. The van der Waals surface area contributed by atoms with Crippen molar-refractivity contribution in [2.24, 2.45) is 0 Å². The lowest BCUT2D eigenvalue weighted by Crippen LogP contribution is -2.17. The van der Waals surface area contributed by atoms with Gasteiger partial charge in [0.05, 0.1) is 38.3 Å². The number of hydrogen-bond donors (Lipinski definition) is 1. The molecule has 10 heteroatoms. The average Bonchev–Trinajstić information content (AvgIpc) is 3.09. The number of aromatic nitrogens is 2. The molecule has 0 saturated carbocycles. The highest BCUT2D eigenvalue weighted by molar-refractivity contribution is 7.26. The van der Waals surface area contributed by atoms with E-state index in [4.69, 9.17) is 4.74 Å². The molecule has 9 nitrogen and oxygen atoms in total. The average molecular weight is 451 g/mol. The van der Waals surface area contributed by atoms with Gasteiger partial charge < -0.3 is 9.72 Å². The molecular formula is C22H17N3O6S. The van der Waals surface area contributed by atoms with E-state index in [1.165, 1.54) is 42.5 Å². The maximum Gasteiger partial charge on any atom is 0.338 e. The van der Waals surface area contributed by atoms with E-state index in [0.717, 1.165) is 0 Å². The standard InChI is InChI=1S/C22H17N3O6S/c1-4-31-22(28)14-9-10(2)23-21-17(14)18-19(32-21)16(15(11(3)26)20(27)24-18)12-5-7-13(8-6-12)25(29)30/h5-9H,4H2,1-3H3,(H,24,27). The van der Waals surface area contributed by atoms with Gasteiger partial charge in [-0.05, 0) is 44.5 Å². The minimum atomic E-state index is -0.617. The number of nitrogens with zero attached hydrogens (tertiary/aromatic N) is 2. The summed E-state index contributed by atoms with van der Waals surface area (Å²) >= 11 is 1.22. The number of carbonyl (C=O) groups is 2. The summed E-state index contributed by atoms with van der Waals surface area (Å²) in [5.41, 5.74) is 1.25. The summed E-state index contributed by atoms with van der Waals surface area (Å²) in [4.78, 5) is 56.2. The Labute approximate surface area is 184 Å². The zero-order valence-electron chi connectivity index (χ0n) is 17.3. The molecule has 4 rings (SSSR count). The van der Waals surface area contributed by atoms with Crippen LogP contribution in [0.4, 0.5) is 5.69 Å². The zero-order chi connectivity index (χ0) is 23.2. The van der Waals surface area contributed by atoms with Gasteiger partial charge in [-0.15, -0.1) is 11.3 Å². The van der Waals surface area contributed by atoms with E-state index in [2.05, 4.69) is 9.97 Å². The Kier molecular flexibility index (Phi) is 5.31. The number of thiophene rings is 1. The highest BCUT2D eigenvalue weighted by Crippen LogP contribution is 2.41.